The maximum absolute atomic E-state index is 3.63. The third kappa shape index (κ3) is 3.81. The van der Waals surface area contributed by atoms with E-state index in [0.717, 1.165) is 22.0 Å². The molecule has 4 heteroatoms. The van der Waals surface area contributed by atoms with Gasteiger partial charge in [-0.1, -0.05) is 18.9 Å². The van der Waals surface area contributed by atoms with Crippen LogP contribution >= 0.6 is 31.9 Å². The van der Waals surface area contributed by atoms with Crippen LogP contribution in [-0.2, 0) is 6.54 Å². The van der Waals surface area contributed by atoms with E-state index in [4.69, 9.17) is 0 Å². The number of nitrogens with one attached hydrogen (secondary N) is 1. The van der Waals surface area contributed by atoms with Gasteiger partial charge in [0.25, 0.3) is 0 Å². The Hall–Kier alpha value is 0.1000. The normalized spacial score (nSPS) is 18.2. The number of hydrogen-bond acceptors (Lipinski definition) is 2. The van der Waals surface area contributed by atoms with E-state index in [-0.39, 0.29) is 0 Å². The highest BCUT2D eigenvalue weighted by molar-refractivity contribution is 9.13. The molecule has 1 aliphatic rings. The first-order valence-electron chi connectivity index (χ1n) is 6.86. The van der Waals surface area contributed by atoms with Gasteiger partial charge in [-0.05, 0) is 76.5 Å². The quantitative estimate of drug-likeness (QED) is 0.812. The molecule has 0 heterocycles. The molecule has 0 aromatic heterocycles. The first-order valence-corrected chi connectivity index (χ1v) is 8.44. The van der Waals surface area contributed by atoms with Crippen LogP contribution in [0, 0.1) is 0 Å². The molecule has 0 unspecified atom stereocenters. The molecule has 0 saturated heterocycles. The summed E-state index contributed by atoms with van der Waals surface area (Å²) in [7, 11) is 4.42. The van der Waals surface area contributed by atoms with Gasteiger partial charge in [0.1, 0.15) is 0 Å². The molecule has 2 nitrogen and oxygen atoms in total. The minimum absolute atomic E-state index is 0.368. The van der Waals surface area contributed by atoms with Crippen LogP contribution in [0.4, 0.5) is 0 Å². The third-order valence-corrected chi connectivity index (χ3v) is 6.13. The number of hydrogen-bond donors (Lipinski definition) is 1. The monoisotopic (exact) mass is 388 g/mol. The molecule has 1 aromatic rings. The highest BCUT2D eigenvalue weighted by Gasteiger charge is 2.35. The predicted molar refractivity (Wildman–Crippen MR) is 88.4 cm³/mol. The first kappa shape index (κ1) is 15.5. The molecule has 19 heavy (non-hydrogen) atoms. The van der Waals surface area contributed by atoms with E-state index in [1.165, 1.54) is 31.2 Å². The lowest BCUT2D eigenvalue weighted by molar-refractivity contribution is 0.153. The maximum Gasteiger partial charge on any atom is 0.0328 e. The Balaban J connectivity index is 1.90. The summed E-state index contributed by atoms with van der Waals surface area (Å²) < 4.78 is 2.23. The lowest BCUT2D eigenvalue weighted by atomic mass is 9.96. The molecule has 0 bridgehead atoms. The standard InChI is InChI=1S/C15H22Br2N2/c1-19(2)15(7-3-4-8-15)11-18-10-12-5-6-13(16)14(17)9-12/h5-6,9,18H,3-4,7-8,10-11H2,1-2H3. The highest BCUT2D eigenvalue weighted by atomic mass is 79.9. The van der Waals surface area contributed by atoms with E-state index in [1.807, 2.05) is 0 Å². The van der Waals surface area contributed by atoms with Crippen molar-refractivity contribution in [1.29, 1.82) is 0 Å². The summed E-state index contributed by atoms with van der Waals surface area (Å²) in [5.41, 5.74) is 1.69. The summed E-state index contributed by atoms with van der Waals surface area (Å²) in [6, 6.07) is 6.44. The molecule has 2 rings (SSSR count). The van der Waals surface area contributed by atoms with Crippen molar-refractivity contribution < 1.29 is 0 Å². The van der Waals surface area contributed by atoms with Gasteiger partial charge < -0.3 is 10.2 Å². The van der Waals surface area contributed by atoms with Crippen LogP contribution in [0.25, 0.3) is 0 Å². The zero-order valence-corrected chi connectivity index (χ0v) is 14.8. The van der Waals surface area contributed by atoms with E-state index in [2.05, 4.69) is 74.4 Å². The molecular formula is C15H22Br2N2. The number of rotatable bonds is 5. The molecule has 0 amide bonds. The lowest BCUT2D eigenvalue weighted by Gasteiger charge is -2.36. The molecule has 1 saturated carbocycles. The van der Waals surface area contributed by atoms with Gasteiger partial charge in [0, 0.05) is 27.6 Å². The Morgan fingerprint density at radius 1 is 1.16 bits per heavy atom. The van der Waals surface area contributed by atoms with Crippen LogP contribution in [0.15, 0.2) is 27.1 Å². The Labute approximate surface area is 133 Å². The highest BCUT2D eigenvalue weighted by Crippen LogP contribution is 2.33. The first-order chi connectivity index (χ1) is 9.03. The molecule has 1 fully saturated rings. The minimum Gasteiger partial charge on any atom is -0.311 e. The van der Waals surface area contributed by atoms with Crippen LogP contribution < -0.4 is 5.32 Å². The van der Waals surface area contributed by atoms with Crippen molar-refractivity contribution in [3.8, 4) is 0 Å². The number of halogens is 2. The second-order valence-corrected chi connectivity index (χ2v) is 7.39. The fourth-order valence-electron chi connectivity index (χ4n) is 2.90. The van der Waals surface area contributed by atoms with E-state index < -0.39 is 0 Å². The molecular weight excluding hydrogens is 368 g/mol. The van der Waals surface area contributed by atoms with E-state index in [0.29, 0.717) is 5.54 Å². The number of benzene rings is 1. The second-order valence-electron chi connectivity index (χ2n) is 5.68. The fourth-order valence-corrected chi connectivity index (χ4v) is 3.58. The molecule has 0 atom stereocenters. The summed E-state index contributed by atoms with van der Waals surface area (Å²) in [6.45, 7) is 2.01. The van der Waals surface area contributed by atoms with Crippen molar-refractivity contribution in [2.24, 2.45) is 0 Å². The maximum atomic E-state index is 3.63. The van der Waals surface area contributed by atoms with Crippen LogP contribution in [0.1, 0.15) is 31.2 Å². The van der Waals surface area contributed by atoms with Crippen molar-refractivity contribution in [2.75, 3.05) is 20.6 Å². The molecule has 1 N–H and O–H groups in total. The van der Waals surface area contributed by atoms with Gasteiger partial charge in [-0.15, -0.1) is 0 Å². The van der Waals surface area contributed by atoms with Gasteiger partial charge in [-0.25, -0.2) is 0 Å². The average Bonchev–Trinajstić information content (AvgIpc) is 2.84. The SMILES string of the molecule is CN(C)C1(CNCc2ccc(Br)c(Br)c2)CCCC1. The van der Waals surface area contributed by atoms with E-state index >= 15 is 0 Å². The van der Waals surface area contributed by atoms with Gasteiger partial charge >= 0.3 is 0 Å². The largest absolute Gasteiger partial charge is 0.311 e. The van der Waals surface area contributed by atoms with Crippen LogP contribution in [-0.4, -0.2) is 31.1 Å². The fraction of sp³-hybridized carbons (Fsp3) is 0.600. The Morgan fingerprint density at radius 2 is 1.84 bits per heavy atom. The lowest BCUT2D eigenvalue weighted by Crippen LogP contribution is -2.49. The van der Waals surface area contributed by atoms with Crippen molar-refractivity contribution in [3.05, 3.63) is 32.7 Å². The summed E-state index contributed by atoms with van der Waals surface area (Å²) >= 11 is 7.06. The van der Waals surface area contributed by atoms with Crippen LogP contribution in [0.5, 0.6) is 0 Å². The zero-order chi connectivity index (χ0) is 13.9. The van der Waals surface area contributed by atoms with Crippen LogP contribution in [0.2, 0.25) is 0 Å². The van der Waals surface area contributed by atoms with Gasteiger partial charge in [0.05, 0.1) is 0 Å². The second kappa shape index (κ2) is 6.70. The minimum atomic E-state index is 0.368. The molecule has 0 radical (unpaired) electrons. The Kier molecular flexibility index (Phi) is 5.46. The Morgan fingerprint density at radius 3 is 2.42 bits per heavy atom. The Bertz CT molecular complexity index is 426. The van der Waals surface area contributed by atoms with Crippen molar-refractivity contribution in [2.45, 2.75) is 37.8 Å². The molecule has 0 aliphatic heterocycles. The van der Waals surface area contributed by atoms with Crippen LogP contribution in [0.3, 0.4) is 0 Å². The van der Waals surface area contributed by atoms with Crippen molar-refractivity contribution in [3.63, 3.8) is 0 Å². The summed E-state index contributed by atoms with van der Waals surface area (Å²) in [6.07, 6.45) is 5.36. The summed E-state index contributed by atoms with van der Waals surface area (Å²) in [5.74, 6) is 0. The molecule has 0 spiro atoms. The summed E-state index contributed by atoms with van der Waals surface area (Å²) in [4.78, 5) is 2.41. The average molecular weight is 390 g/mol. The molecule has 1 aromatic carbocycles. The van der Waals surface area contributed by atoms with Crippen molar-refractivity contribution >= 4 is 31.9 Å². The zero-order valence-electron chi connectivity index (χ0n) is 11.7. The summed E-state index contributed by atoms with van der Waals surface area (Å²) in [5, 5.41) is 3.63. The number of nitrogens with zero attached hydrogens (tertiary/aromatic N) is 1. The van der Waals surface area contributed by atoms with Gasteiger partial charge in [-0.3, -0.25) is 0 Å². The smallest absolute Gasteiger partial charge is 0.0328 e. The number of likely N-dealkylation sites (N-methyl/N-ethyl adjacent to an activating group) is 1. The van der Waals surface area contributed by atoms with E-state index in [1.54, 1.807) is 0 Å². The van der Waals surface area contributed by atoms with E-state index in [9.17, 15) is 0 Å². The van der Waals surface area contributed by atoms with Gasteiger partial charge in [0.15, 0.2) is 0 Å². The topological polar surface area (TPSA) is 15.3 Å². The van der Waals surface area contributed by atoms with Gasteiger partial charge in [0.2, 0.25) is 0 Å². The third-order valence-electron chi connectivity index (χ3n) is 4.25. The molecule has 1 aliphatic carbocycles. The molecule has 106 valence electrons. The van der Waals surface area contributed by atoms with Gasteiger partial charge in [-0.2, -0.15) is 0 Å². The van der Waals surface area contributed by atoms with Crippen molar-refractivity contribution in [1.82, 2.24) is 10.2 Å². The predicted octanol–water partition coefficient (Wildman–Crippen LogP) is 4.18.